The minimum atomic E-state index is -0.681. The zero-order chi connectivity index (χ0) is 13.8. The first kappa shape index (κ1) is 13.2. The molecule has 5 nitrogen and oxygen atoms in total. The molecule has 2 N–H and O–H groups in total. The highest BCUT2D eigenvalue weighted by molar-refractivity contribution is 7.99. The van der Waals surface area contributed by atoms with Crippen molar-refractivity contribution in [1.29, 1.82) is 5.26 Å². The number of nitrogens with zero attached hydrogens (tertiary/aromatic N) is 3. The standard InChI is InChI=1S/C14H15N5S/c15-8-14(18-12-6-7-12,11-4-2-1-3-5-11)9-20-13-16-10-17-19-13/h1-5,10,12,18H,6-7,9H2,(H,16,17,19). The third-order valence-corrected chi connectivity index (χ3v) is 4.35. The van der Waals surface area contributed by atoms with Gasteiger partial charge >= 0.3 is 0 Å². The molecule has 1 fully saturated rings. The zero-order valence-electron chi connectivity index (χ0n) is 10.9. The fourth-order valence-corrected chi connectivity index (χ4v) is 2.98. The number of rotatable bonds is 6. The fourth-order valence-electron chi connectivity index (χ4n) is 2.08. The predicted molar refractivity (Wildman–Crippen MR) is 77.0 cm³/mol. The summed E-state index contributed by atoms with van der Waals surface area (Å²) in [6, 6.07) is 12.8. The highest BCUT2D eigenvalue weighted by Gasteiger charge is 2.38. The number of aromatic nitrogens is 3. The number of H-pyrrole nitrogens is 1. The molecule has 0 amide bonds. The Morgan fingerprint density at radius 2 is 2.20 bits per heavy atom. The molecule has 1 aromatic heterocycles. The molecule has 1 saturated carbocycles. The average Bonchev–Trinajstić information content (AvgIpc) is 3.16. The molecule has 1 aliphatic carbocycles. The van der Waals surface area contributed by atoms with Gasteiger partial charge in [-0.3, -0.25) is 10.4 Å². The average molecular weight is 285 g/mol. The van der Waals surface area contributed by atoms with E-state index >= 15 is 0 Å². The lowest BCUT2D eigenvalue weighted by Crippen LogP contribution is -2.44. The largest absolute Gasteiger partial charge is 0.292 e. The Hall–Kier alpha value is -1.84. The van der Waals surface area contributed by atoms with E-state index < -0.39 is 5.54 Å². The van der Waals surface area contributed by atoms with Crippen LogP contribution < -0.4 is 5.32 Å². The lowest BCUT2D eigenvalue weighted by atomic mass is 9.93. The lowest BCUT2D eigenvalue weighted by Gasteiger charge is -2.28. The SMILES string of the molecule is N#CC(CSc1ncn[nH]1)(NC1CC1)c1ccccc1. The number of aromatic amines is 1. The monoisotopic (exact) mass is 285 g/mol. The summed E-state index contributed by atoms with van der Waals surface area (Å²) in [7, 11) is 0. The van der Waals surface area contributed by atoms with E-state index in [1.807, 2.05) is 30.3 Å². The van der Waals surface area contributed by atoms with Gasteiger partial charge in [-0.05, 0) is 18.4 Å². The molecule has 1 heterocycles. The van der Waals surface area contributed by atoms with Crippen molar-refractivity contribution in [3.8, 4) is 6.07 Å². The second-order valence-electron chi connectivity index (χ2n) is 4.88. The van der Waals surface area contributed by atoms with Gasteiger partial charge in [-0.25, -0.2) is 4.98 Å². The second kappa shape index (κ2) is 5.65. The molecule has 20 heavy (non-hydrogen) atoms. The number of thioether (sulfide) groups is 1. The number of nitrogens with one attached hydrogen (secondary N) is 2. The summed E-state index contributed by atoms with van der Waals surface area (Å²) < 4.78 is 0. The van der Waals surface area contributed by atoms with Crippen molar-refractivity contribution in [3.05, 3.63) is 42.2 Å². The van der Waals surface area contributed by atoms with Gasteiger partial charge < -0.3 is 0 Å². The highest BCUT2D eigenvalue weighted by atomic mass is 32.2. The van der Waals surface area contributed by atoms with Crippen LogP contribution in [0.3, 0.4) is 0 Å². The Morgan fingerprint density at radius 1 is 1.40 bits per heavy atom. The topological polar surface area (TPSA) is 77.4 Å². The van der Waals surface area contributed by atoms with Gasteiger partial charge in [0.15, 0.2) is 5.16 Å². The van der Waals surface area contributed by atoms with E-state index in [1.165, 1.54) is 18.1 Å². The molecule has 0 spiro atoms. The maximum absolute atomic E-state index is 9.76. The van der Waals surface area contributed by atoms with E-state index in [9.17, 15) is 5.26 Å². The molecule has 1 aromatic carbocycles. The van der Waals surface area contributed by atoms with Gasteiger partial charge in [0.05, 0.1) is 6.07 Å². The Morgan fingerprint density at radius 3 is 2.80 bits per heavy atom. The molecule has 1 atom stereocenters. The van der Waals surface area contributed by atoms with Gasteiger partial charge in [0.2, 0.25) is 0 Å². The highest BCUT2D eigenvalue weighted by Crippen LogP contribution is 2.32. The number of benzene rings is 1. The van der Waals surface area contributed by atoms with E-state index in [-0.39, 0.29) is 0 Å². The summed E-state index contributed by atoms with van der Waals surface area (Å²) in [4.78, 5) is 4.10. The maximum Gasteiger partial charge on any atom is 0.183 e. The van der Waals surface area contributed by atoms with Gasteiger partial charge in [-0.2, -0.15) is 10.4 Å². The van der Waals surface area contributed by atoms with Crippen molar-refractivity contribution in [3.63, 3.8) is 0 Å². The quantitative estimate of drug-likeness (QED) is 0.794. The Balaban J connectivity index is 1.83. The molecule has 0 saturated heterocycles. The molecule has 3 rings (SSSR count). The van der Waals surface area contributed by atoms with Gasteiger partial charge in [-0.1, -0.05) is 42.1 Å². The second-order valence-corrected chi connectivity index (χ2v) is 5.85. The minimum absolute atomic E-state index is 0.449. The van der Waals surface area contributed by atoms with Crippen molar-refractivity contribution in [2.75, 3.05) is 5.75 Å². The van der Waals surface area contributed by atoms with Crippen molar-refractivity contribution >= 4 is 11.8 Å². The van der Waals surface area contributed by atoms with Crippen LogP contribution in [-0.2, 0) is 5.54 Å². The molecule has 2 aromatic rings. The van der Waals surface area contributed by atoms with Crippen molar-refractivity contribution in [2.24, 2.45) is 0 Å². The third kappa shape index (κ3) is 2.84. The van der Waals surface area contributed by atoms with Gasteiger partial charge in [0.1, 0.15) is 11.9 Å². The first-order chi connectivity index (χ1) is 9.82. The summed E-state index contributed by atoms with van der Waals surface area (Å²) in [6.45, 7) is 0. The molecule has 1 aliphatic rings. The normalized spacial score (nSPS) is 17.4. The molecule has 6 heteroatoms. The number of hydrogen-bond acceptors (Lipinski definition) is 5. The number of nitriles is 1. The predicted octanol–water partition coefficient (Wildman–Crippen LogP) is 2.07. The van der Waals surface area contributed by atoms with Gasteiger partial charge in [0.25, 0.3) is 0 Å². The summed E-state index contributed by atoms with van der Waals surface area (Å²) in [5, 5.41) is 20.6. The van der Waals surface area contributed by atoms with E-state index in [0.29, 0.717) is 11.8 Å². The molecule has 102 valence electrons. The van der Waals surface area contributed by atoms with Crippen LogP contribution >= 0.6 is 11.8 Å². The van der Waals surface area contributed by atoms with Crippen molar-refractivity contribution in [1.82, 2.24) is 20.5 Å². The maximum atomic E-state index is 9.76. The smallest absolute Gasteiger partial charge is 0.183 e. The first-order valence-corrected chi connectivity index (χ1v) is 7.54. The minimum Gasteiger partial charge on any atom is -0.292 e. The number of hydrogen-bond donors (Lipinski definition) is 2. The van der Waals surface area contributed by atoms with Crippen LogP contribution in [0.4, 0.5) is 0 Å². The summed E-state index contributed by atoms with van der Waals surface area (Å²) in [5.41, 5.74) is 0.321. The summed E-state index contributed by atoms with van der Waals surface area (Å²) in [6.07, 6.45) is 3.76. The van der Waals surface area contributed by atoms with Crippen molar-refractivity contribution in [2.45, 2.75) is 29.6 Å². The molecule has 0 bridgehead atoms. The molecular formula is C14H15N5S. The van der Waals surface area contributed by atoms with E-state index in [0.717, 1.165) is 23.6 Å². The first-order valence-electron chi connectivity index (χ1n) is 6.55. The van der Waals surface area contributed by atoms with Crippen LogP contribution in [0, 0.1) is 11.3 Å². The fraction of sp³-hybridized carbons (Fsp3) is 0.357. The third-order valence-electron chi connectivity index (χ3n) is 3.30. The van der Waals surface area contributed by atoms with Crippen LogP contribution in [0.5, 0.6) is 0 Å². The van der Waals surface area contributed by atoms with E-state index in [4.69, 9.17) is 0 Å². The molecule has 1 unspecified atom stereocenters. The molecular weight excluding hydrogens is 270 g/mol. The van der Waals surface area contributed by atoms with Crippen molar-refractivity contribution < 1.29 is 0 Å². The van der Waals surface area contributed by atoms with Gasteiger partial charge in [-0.15, -0.1) is 0 Å². The summed E-state index contributed by atoms with van der Waals surface area (Å²) >= 11 is 1.51. The van der Waals surface area contributed by atoms with Crippen LogP contribution in [0.2, 0.25) is 0 Å². The molecule has 0 aliphatic heterocycles. The Labute approximate surface area is 121 Å². The van der Waals surface area contributed by atoms with Crippen LogP contribution in [0.25, 0.3) is 0 Å². The lowest BCUT2D eigenvalue weighted by molar-refractivity contribution is 0.470. The van der Waals surface area contributed by atoms with Crippen LogP contribution in [0.1, 0.15) is 18.4 Å². The summed E-state index contributed by atoms with van der Waals surface area (Å²) in [5.74, 6) is 0.596. The molecule has 0 radical (unpaired) electrons. The van der Waals surface area contributed by atoms with E-state index in [1.54, 1.807) is 0 Å². The van der Waals surface area contributed by atoms with Crippen LogP contribution in [-0.4, -0.2) is 27.0 Å². The zero-order valence-corrected chi connectivity index (χ0v) is 11.7. The Bertz CT molecular complexity index is 588. The van der Waals surface area contributed by atoms with E-state index in [2.05, 4.69) is 26.6 Å². The van der Waals surface area contributed by atoms with Crippen LogP contribution in [0.15, 0.2) is 41.8 Å². The van der Waals surface area contributed by atoms with Gasteiger partial charge in [0, 0.05) is 11.8 Å². The Kier molecular flexibility index (Phi) is 3.72.